The second-order valence-electron chi connectivity index (χ2n) is 6.51. The molecule has 0 bridgehead atoms. The summed E-state index contributed by atoms with van der Waals surface area (Å²) in [7, 11) is 0. The number of nitrogens with zero attached hydrogens (tertiary/aromatic N) is 1. The molecule has 2 rings (SSSR count). The Bertz CT molecular complexity index is 780. The molecule has 0 spiro atoms. The molecule has 1 aromatic carbocycles. The van der Waals surface area contributed by atoms with Crippen molar-refractivity contribution < 1.29 is 23.0 Å². The van der Waals surface area contributed by atoms with E-state index in [0.29, 0.717) is 9.45 Å². The summed E-state index contributed by atoms with van der Waals surface area (Å²) in [5, 5.41) is 0. The van der Waals surface area contributed by atoms with E-state index in [1.165, 1.54) is 0 Å². The standard InChI is InChI=1S/C18H18F2INO3/c1-10-5-15(16(21)22-8-10)24-9-12-13(19)6-11(7-14(12)20)17(23)25-18(2,3)4/h5-8H,9H2,1-4H3. The molecule has 0 aliphatic carbocycles. The molecule has 134 valence electrons. The summed E-state index contributed by atoms with van der Waals surface area (Å²) in [5.74, 6) is -2.07. The van der Waals surface area contributed by atoms with E-state index in [1.807, 2.05) is 29.5 Å². The Morgan fingerprint density at radius 1 is 1.20 bits per heavy atom. The van der Waals surface area contributed by atoms with Crippen molar-refractivity contribution >= 4 is 28.6 Å². The minimum absolute atomic E-state index is 0.180. The number of carbonyl (C=O) groups excluding carboxylic acids is 1. The van der Waals surface area contributed by atoms with Crippen molar-refractivity contribution in [2.24, 2.45) is 0 Å². The quantitative estimate of drug-likeness (QED) is 0.373. The minimum Gasteiger partial charge on any atom is -0.486 e. The zero-order valence-electron chi connectivity index (χ0n) is 14.3. The third-order valence-electron chi connectivity index (χ3n) is 3.09. The van der Waals surface area contributed by atoms with Crippen molar-refractivity contribution in [3.63, 3.8) is 0 Å². The monoisotopic (exact) mass is 461 g/mol. The van der Waals surface area contributed by atoms with E-state index in [9.17, 15) is 13.6 Å². The fourth-order valence-corrected chi connectivity index (χ4v) is 2.42. The molecule has 0 N–H and O–H groups in total. The smallest absolute Gasteiger partial charge is 0.338 e. The number of aromatic nitrogens is 1. The van der Waals surface area contributed by atoms with Crippen molar-refractivity contribution in [3.05, 3.63) is 56.4 Å². The normalized spacial score (nSPS) is 11.3. The first kappa shape index (κ1) is 19.6. The lowest BCUT2D eigenvalue weighted by atomic mass is 10.1. The van der Waals surface area contributed by atoms with Gasteiger partial charge in [-0.05, 0) is 74.0 Å². The third kappa shape index (κ3) is 5.35. The molecule has 25 heavy (non-hydrogen) atoms. The largest absolute Gasteiger partial charge is 0.486 e. The van der Waals surface area contributed by atoms with Gasteiger partial charge in [-0.1, -0.05) is 0 Å². The number of halogens is 3. The van der Waals surface area contributed by atoms with E-state index in [0.717, 1.165) is 17.7 Å². The first-order valence-electron chi connectivity index (χ1n) is 7.53. The van der Waals surface area contributed by atoms with Gasteiger partial charge in [-0.15, -0.1) is 0 Å². The van der Waals surface area contributed by atoms with Crippen LogP contribution in [0.1, 0.15) is 42.3 Å². The van der Waals surface area contributed by atoms with Gasteiger partial charge in [0.05, 0.1) is 11.1 Å². The highest BCUT2D eigenvalue weighted by Gasteiger charge is 2.21. The average molecular weight is 461 g/mol. The highest BCUT2D eigenvalue weighted by Crippen LogP contribution is 2.23. The number of hydrogen-bond acceptors (Lipinski definition) is 4. The van der Waals surface area contributed by atoms with Crippen LogP contribution in [0.25, 0.3) is 0 Å². The van der Waals surface area contributed by atoms with Crippen LogP contribution in [-0.2, 0) is 11.3 Å². The van der Waals surface area contributed by atoms with E-state index in [4.69, 9.17) is 9.47 Å². The molecule has 4 nitrogen and oxygen atoms in total. The van der Waals surface area contributed by atoms with Crippen molar-refractivity contribution in [2.75, 3.05) is 0 Å². The number of esters is 1. The predicted molar refractivity (Wildman–Crippen MR) is 97.5 cm³/mol. The number of pyridine rings is 1. The van der Waals surface area contributed by atoms with Crippen LogP contribution in [0.4, 0.5) is 8.78 Å². The van der Waals surface area contributed by atoms with Crippen LogP contribution in [-0.4, -0.2) is 16.6 Å². The molecule has 0 fully saturated rings. The number of aryl methyl sites for hydroxylation is 1. The third-order valence-corrected chi connectivity index (χ3v) is 3.90. The van der Waals surface area contributed by atoms with Crippen LogP contribution in [0.3, 0.4) is 0 Å². The molecule has 1 heterocycles. The first-order valence-corrected chi connectivity index (χ1v) is 8.61. The lowest BCUT2D eigenvalue weighted by Gasteiger charge is -2.19. The summed E-state index contributed by atoms with van der Waals surface area (Å²) in [6, 6.07) is 3.64. The zero-order valence-corrected chi connectivity index (χ0v) is 16.5. The number of hydrogen-bond donors (Lipinski definition) is 0. The number of rotatable bonds is 4. The Labute approximate surface area is 158 Å². The Hall–Kier alpha value is -1.77. The number of ether oxygens (including phenoxy) is 2. The van der Waals surface area contributed by atoms with Gasteiger partial charge in [-0.2, -0.15) is 0 Å². The van der Waals surface area contributed by atoms with Crippen molar-refractivity contribution in [3.8, 4) is 5.75 Å². The van der Waals surface area contributed by atoms with Gasteiger partial charge < -0.3 is 9.47 Å². The number of benzene rings is 1. The fourth-order valence-electron chi connectivity index (χ4n) is 1.97. The Morgan fingerprint density at radius 2 is 1.80 bits per heavy atom. The highest BCUT2D eigenvalue weighted by atomic mass is 127. The zero-order chi connectivity index (χ0) is 18.8. The SMILES string of the molecule is Cc1cnc(I)c(OCc2c(F)cc(C(=O)OC(C)(C)C)cc2F)c1. The van der Waals surface area contributed by atoms with Gasteiger partial charge in [0.2, 0.25) is 0 Å². The van der Waals surface area contributed by atoms with E-state index in [-0.39, 0.29) is 17.7 Å². The molecule has 0 atom stereocenters. The van der Waals surface area contributed by atoms with Crippen LogP contribution in [0.15, 0.2) is 24.4 Å². The second-order valence-corrected chi connectivity index (χ2v) is 7.53. The molecule has 2 aromatic rings. The molecule has 0 aliphatic heterocycles. The van der Waals surface area contributed by atoms with Crippen LogP contribution in [0, 0.1) is 22.3 Å². The Balaban J connectivity index is 2.20. The number of carbonyl (C=O) groups is 1. The highest BCUT2D eigenvalue weighted by molar-refractivity contribution is 14.1. The molecule has 0 saturated heterocycles. The molecular formula is C18H18F2INO3. The topological polar surface area (TPSA) is 48.4 Å². The molecule has 1 aromatic heterocycles. The molecule has 0 amide bonds. The molecule has 0 radical (unpaired) electrons. The van der Waals surface area contributed by atoms with E-state index < -0.39 is 23.2 Å². The van der Waals surface area contributed by atoms with Gasteiger partial charge in [0.1, 0.15) is 27.5 Å². The minimum atomic E-state index is -0.864. The summed E-state index contributed by atoms with van der Waals surface area (Å²) in [4.78, 5) is 16.1. The van der Waals surface area contributed by atoms with Crippen LogP contribution >= 0.6 is 22.6 Å². The lowest BCUT2D eigenvalue weighted by molar-refractivity contribution is 0.00683. The van der Waals surface area contributed by atoms with Crippen molar-refractivity contribution in [1.29, 1.82) is 0 Å². The van der Waals surface area contributed by atoms with Crippen molar-refractivity contribution in [2.45, 2.75) is 39.9 Å². The summed E-state index contributed by atoms with van der Waals surface area (Å²) in [6.07, 6.45) is 1.67. The second kappa shape index (κ2) is 7.63. The summed E-state index contributed by atoms with van der Waals surface area (Å²) in [5.41, 5.74) is -0.317. The van der Waals surface area contributed by atoms with Gasteiger partial charge >= 0.3 is 5.97 Å². The fraction of sp³-hybridized carbons (Fsp3) is 0.333. The van der Waals surface area contributed by atoms with Gasteiger partial charge in [0.15, 0.2) is 5.75 Å². The summed E-state index contributed by atoms with van der Waals surface area (Å²) < 4.78 is 39.7. The van der Waals surface area contributed by atoms with Gasteiger partial charge in [-0.25, -0.2) is 18.6 Å². The Morgan fingerprint density at radius 3 is 2.36 bits per heavy atom. The molecular weight excluding hydrogens is 443 g/mol. The Kier molecular flexibility index (Phi) is 5.97. The maximum atomic E-state index is 14.2. The van der Waals surface area contributed by atoms with Crippen LogP contribution in [0.2, 0.25) is 0 Å². The molecule has 7 heteroatoms. The molecule has 0 aliphatic rings. The maximum absolute atomic E-state index is 14.2. The van der Waals surface area contributed by atoms with E-state index >= 15 is 0 Å². The first-order chi connectivity index (χ1) is 11.6. The van der Waals surface area contributed by atoms with Crippen LogP contribution in [0.5, 0.6) is 5.75 Å². The molecule has 0 saturated carbocycles. The summed E-state index contributed by atoms with van der Waals surface area (Å²) in [6.45, 7) is 6.56. The average Bonchev–Trinajstić information content (AvgIpc) is 2.47. The van der Waals surface area contributed by atoms with Crippen molar-refractivity contribution in [1.82, 2.24) is 4.98 Å². The van der Waals surface area contributed by atoms with Gasteiger partial charge in [0, 0.05) is 6.20 Å². The predicted octanol–water partition coefficient (Wildman–Crippen LogP) is 4.81. The van der Waals surface area contributed by atoms with Crippen LogP contribution < -0.4 is 4.74 Å². The maximum Gasteiger partial charge on any atom is 0.338 e. The van der Waals surface area contributed by atoms with Gasteiger partial charge in [0.25, 0.3) is 0 Å². The van der Waals surface area contributed by atoms with E-state index in [2.05, 4.69) is 4.98 Å². The summed E-state index contributed by atoms with van der Waals surface area (Å²) >= 11 is 1.98. The lowest BCUT2D eigenvalue weighted by Crippen LogP contribution is -2.24. The van der Waals surface area contributed by atoms with E-state index in [1.54, 1.807) is 33.0 Å². The van der Waals surface area contributed by atoms with Gasteiger partial charge in [-0.3, -0.25) is 0 Å². The molecule has 0 unspecified atom stereocenters.